The Bertz CT molecular complexity index is 678. The van der Waals surface area contributed by atoms with E-state index in [1.165, 1.54) is 5.48 Å². The van der Waals surface area contributed by atoms with Crippen molar-refractivity contribution in [2.24, 2.45) is 5.73 Å². The van der Waals surface area contributed by atoms with E-state index in [4.69, 9.17) is 10.9 Å². The van der Waals surface area contributed by atoms with Crippen LogP contribution in [0.4, 0.5) is 0 Å². The number of hydrogen-bond acceptors (Lipinski definition) is 4. The van der Waals surface area contributed by atoms with Crippen LogP contribution in [0.15, 0.2) is 60.2 Å². The Morgan fingerprint density at radius 2 is 2.00 bits per heavy atom. The maximum Gasteiger partial charge on any atom is 0.267 e. The molecule has 0 spiro atoms. The summed E-state index contributed by atoms with van der Waals surface area (Å²) in [6.45, 7) is -0.0855. The van der Waals surface area contributed by atoms with Gasteiger partial charge in [-0.25, -0.2) is 5.48 Å². The van der Waals surface area contributed by atoms with Crippen LogP contribution in [0.1, 0.15) is 18.4 Å². The number of hydrogen-bond donors (Lipinski definition) is 4. The predicted octanol–water partition coefficient (Wildman–Crippen LogP) is 1.30. The molecule has 126 valence electrons. The molecule has 1 aromatic rings. The summed E-state index contributed by atoms with van der Waals surface area (Å²) in [6, 6.07) is 9.14. The Hall–Kier alpha value is -2.70. The van der Waals surface area contributed by atoms with Crippen LogP contribution in [0.25, 0.3) is 5.57 Å². The van der Waals surface area contributed by atoms with Gasteiger partial charge in [-0.05, 0) is 23.1 Å². The quantitative estimate of drug-likeness (QED) is 0.467. The Labute approximate surface area is 140 Å². The van der Waals surface area contributed by atoms with E-state index >= 15 is 0 Å². The molecular formula is C18H21N3O3. The highest BCUT2D eigenvalue weighted by atomic mass is 16.5. The summed E-state index contributed by atoms with van der Waals surface area (Å²) in [6.07, 6.45) is 8.81. The number of hydroxylamine groups is 1. The van der Waals surface area contributed by atoms with Crippen molar-refractivity contribution in [3.05, 3.63) is 65.8 Å². The molecule has 1 atom stereocenters. The molecule has 0 heterocycles. The van der Waals surface area contributed by atoms with Crippen molar-refractivity contribution in [1.82, 2.24) is 10.8 Å². The second-order valence-corrected chi connectivity index (χ2v) is 5.38. The monoisotopic (exact) mass is 327 g/mol. The maximum absolute atomic E-state index is 11.8. The Morgan fingerprint density at radius 1 is 1.25 bits per heavy atom. The highest BCUT2D eigenvalue weighted by Crippen LogP contribution is 2.23. The molecule has 2 rings (SSSR count). The first-order valence-electron chi connectivity index (χ1n) is 7.70. The molecule has 1 aliphatic rings. The highest BCUT2D eigenvalue weighted by Gasteiger charge is 2.17. The van der Waals surface area contributed by atoms with Gasteiger partial charge in [-0.3, -0.25) is 14.8 Å². The SMILES string of the molecule is NC[C@H](NC(=O)CC=C1C=CC(c2ccccc2)=CC1)C(=O)NO. The molecule has 0 saturated heterocycles. The molecule has 0 bridgehead atoms. The van der Waals surface area contributed by atoms with Crippen molar-refractivity contribution in [3.63, 3.8) is 0 Å². The van der Waals surface area contributed by atoms with Gasteiger partial charge in [0, 0.05) is 13.0 Å². The summed E-state index contributed by atoms with van der Waals surface area (Å²) in [4.78, 5) is 23.1. The van der Waals surface area contributed by atoms with Gasteiger partial charge in [0.15, 0.2) is 0 Å². The van der Waals surface area contributed by atoms with E-state index in [2.05, 4.69) is 23.5 Å². The minimum atomic E-state index is -0.938. The van der Waals surface area contributed by atoms with Gasteiger partial charge in [-0.15, -0.1) is 0 Å². The van der Waals surface area contributed by atoms with Crippen LogP contribution in [0.2, 0.25) is 0 Å². The van der Waals surface area contributed by atoms with E-state index in [1.54, 1.807) is 0 Å². The Morgan fingerprint density at radius 3 is 2.58 bits per heavy atom. The summed E-state index contributed by atoms with van der Waals surface area (Å²) in [5, 5.41) is 11.0. The first-order valence-corrected chi connectivity index (χ1v) is 7.70. The van der Waals surface area contributed by atoms with Crippen molar-refractivity contribution >= 4 is 17.4 Å². The fourth-order valence-corrected chi connectivity index (χ4v) is 2.34. The van der Waals surface area contributed by atoms with Crippen LogP contribution >= 0.6 is 0 Å². The van der Waals surface area contributed by atoms with E-state index in [9.17, 15) is 9.59 Å². The van der Waals surface area contributed by atoms with Gasteiger partial charge in [0.25, 0.3) is 5.91 Å². The molecule has 0 aromatic heterocycles. The van der Waals surface area contributed by atoms with Crippen LogP contribution in [-0.4, -0.2) is 29.6 Å². The number of nitrogens with two attached hydrogens (primary N) is 1. The third-order valence-corrected chi connectivity index (χ3v) is 3.69. The molecule has 0 aliphatic heterocycles. The normalized spacial score (nSPS) is 16.4. The van der Waals surface area contributed by atoms with Crippen LogP contribution in [-0.2, 0) is 9.59 Å². The van der Waals surface area contributed by atoms with Gasteiger partial charge in [-0.2, -0.15) is 0 Å². The molecule has 24 heavy (non-hydrogen) atoms. The van der Waals surface area contributed by atoms with Crippen molar-refractivity contribution < 1.29 is 14.8 Å². The van der Waals surface area contributed by atoms with E-state index in [1.807, 2.05) is 36.4 Å². The number of allylic oxidation sites excluding steroid dienone is 5. The minimum absolute atomic E-state index is 0.0855. The van der Waals surface area contributed by atoms with Crippen LogP contribution < -0.4 is 16.5 Å². The van der Waals surface area contributed by atoms with Gasteiger partial charge < -0.3 is 11.1 Å². The molecular weight excluding hydrogens is 306 g/mol. The molecule has 1 aromatic carbocycles. The second-order valence-electron chi connectivity index (χ2n) is 5.38. The lowest BCUT2D eigenvalue weighted by Crippen LogP contribution is -2.49. The molecule has 0 fully saturated rings. The van der Waals surface area contributed by atoms with Gasteiger partial charge in [-0.1, -0.05) is 54.6 Å². The Balaban J connectivity index is 1.88. The maximum atomic E-state index is 11.8. The van der Waals surface area contributed by atoms with Crippen molar-refractivity contribution in [2.75, 3.05) is 6.54 Å². The van der Waals surface area contributed by atoms with Crippen molar-refractivity contribution in [3.8, 4) is 0 Å². The average Bonchev–Trinajstić information content (AvgIpc) is 2.65. The minimum Gasteiger partial charge on any atom is -0.343 e. The molecule has 6 heteroatoms. The molecule has 2 amide bonds. The van der Waals surface area contributed by atoms with E-state index in [0.717, 1.165) is 23.1 Å². The largest absolute Gasteiger partial charge is 0.343 e. The summed E-state index contributed by atoms with van der Waals surface area (Å²) in [5.41, 5.74) is 10.2. The van der Waals surface area contributed by atoms with Gasteiger partial charge in [0.05, 0.1) is 0 Å². The number of nitrogens with one attached hydrogen (secondary N) is 2. The molecule has 5 N–H and O–H groups in total. The van der Waals surface area contributed by atoms with Gasteiger partial charge >= 0.3 is 0 Å². The average molecular weight is 327 g/mol. The van der Waals surface area contributed by atoms with E-state index in [0.29, 0.717) is 0 Å². The summed E-state index contributed by atoms with van der Waals surface area (Å²) in [7, 11) is 0. The summed E-state index contributed by atoms with van der Waals surface area (Å²) >= 11 is 0. The molecule has 0 radical (unpaired) electrons. The van der Waals surface area contributed by atoms with Crippen molar-refractivity contribution in [1.29, 1.82) is 0 Å². The lowest BCUT2D eigenvalue weighted by atomic mass is 9.96. The smallest absolute Gasteiger partial charge is 0.267 e. The zero-order valence-corrected chi connectivity index (χ0v) is 13.2. The lowest BCUT2D eigenvalue weighted by molar-refractivity contribution is -0.134. The number of carbonyl (C=O) groups is 2. The van der Waals surface area contributed by atoms with Gasteiger partial charge in [0.1, 0.15) is 6.04 Å². The number of benzene rings is 1. The standard InChI is InChI=1S/C18H21N3O3/c19-12-16(18(23)21-24)20-17(22)11-8-13-6-9-15(10-7-13)14-4-2-1-3-5-14/h1-6,8-10,16,24H,7,11-12,19H2,(H,20,22)(H,21,23)/t16-/m0/s1. The second kappa shape index (κ2) is 8.81. The van der Waals surface area contributed by atoms with Gasteiger partial charge in [0.2, 0.25) is 5.91 Å². The third-order valence-electron chi connectivity index (χ3n) is 3.69. The van der Waals surface area contributed by atoms with Crippen molar-refractivity contribution in [2.45, 2.75) is 18.9 Å². The highest BCUT2D eigenvalue weighted by molar-refractivity contribution is 5.87. The third kappa shape index (κ3) is 4.91. The van der Waals surface area contributed by atoms with Crippen LogP contribution in [0, 0.1) is 0 Å². The first kappa shape index (κ1) is 17.7. The number of rotatable bonds is 6. The zero-order chi connectivity index (χ0) is 17.4. The topological polar surface area (TPSA) is 104 Å². The molecule has 1 aliphatic carbocycles. The van der Waals surface area contributed by atoms with E-state index in [-0.39, 0.29) is 18.9 Å². The summed E-state index contributed by atoms with van der Waals surface area (Å²) in [5.74, 6) is -1.06. The zero-order valence-electron chi connectivity index (χ0n) is 13.2. The molecule has 6 nitrogen and oxygen atoms in total. The fraction of sp³-hybridized carbons (Fsp3) is 0.222. The molecule has 0 saturated carbocycles. The van der Waals surface area contributed by atoms with Crippen LogP contribution in [0.5, 0.6) is 0 Å². The molecule has 0 unspecified atom stereocenters. The summed E-state index contributed by atoms with van der Waals surface area (Å²) < 4.78 is 0. The number of amides is 2. The number of carbonyl (C=O) groups excluding carboxylic acids is 2. The van der Waals surface area contributed by atoms with E-state index < -0.39 is 11.9 Å². The predicted molar refractivity (Wildman–Crippen MR) is 91.8 cm³/mol. The first-order chi connectivity index (χ1) is 11.6. The fourth-order valence-electron chi connectivity index (χ4n) is 2.34. The van der Waals surface area contributed by atoms with Crippen LogP contribution in [0.3, 0.4) is 0 Å². The lowest BCUT2D eigenvalue weighted by Gasteiger charge is -2.14. The Kier molecular flexibility index (Phi) is 6.48.